The number of benzene rings is 1. The van der Waals surface area contributed by atoms with Crippen LogP contribution in [-0.2, 0) is 30.4 Å². The molecule has 0 unspecified atom stereocenters. The normalized spacial score (nSPS) is 14.0. The summed E-state index contributed by atoms with van der Waals surface area (Å²) in [6.07, 6.45) is 0.224. The number of likely N-dealkylation sites (tertiary alicyclic amines) is 1. The van der Waals surface area contributed by atoms with Crippen molar-refractivity contribution in [2.75, 3.05) is 26.3 Å². The van der Waals surface area contributed by atoms with Gasteiger partial charge in [-0.05, 0) is 25.8 Å². The number of carbonyl (C=O) groups excluding carboxylic acids is 3. The molecule has 0 bridgehead atoms. The van der Waals surface area contributed by atoms with Gasteiger partial charge in [0, 0.05) is 24.7 Å². The Morgan fingerprint density at radius 1 is 1.13 bits per heavy atom. The SMILES string of the molecule is C=C(C)C(=O)OCCOC(=O)C1CCN(C(=O)OCc2ccccc2[N+](=O)[O-])CC1. The molecule has 1 aliphatic rings. The third-order valence-electron chi connectivity index (χ3n) is 4.54. The number of nitro groups is 1. The van der Waals surface area contributed by atoms with Crippen LogP contribution in [0.4, 0.5) is 10.5 Å². The Bertz CT molecular complexity index is 815. The van der Waals surface area contributed by atoms with E-state index >= 15 is 0 Å². The molecule has 30 heavy (non-hydrogen) atoms. The zero-order chi connectivity index (χ0) is 22.1. The number of esters is 2. The van der Waals surface area contributed by atoms with Gasteiger partial charge in [0.2, 0.25) is 0 Å². The number of rotatable bonds is 8. The van der Waals surface area contributed by atoms with Crippen molar-refractivity contribution >= 4 is 23.7 Å². The number of ether oxygens (including phenoxy) is 3. The van der Waals surface area contributed by atoms with Crippen LogP contribution in [0.15, 0.2) is 36.4 Å². The Morgan fingerprint density at radius 3 is 2.40 bits per heavy atom. The largest absolute Gasteiger partial charge is 0.462 e. The van der Waals surface area contributed by atoms with Crippen LogP contribution in [-0.4, -0.2) is 54.2 Å². The van der Waals surface area contributed by atoms with Crippen molar-refractivity contribution in [3.05, 3.63) is 52.1 Å². The van der Waals surface area contributed by atoms with Gasteiger partial charge >= 0.3 is 18.0 Å². The predicted molar refractivity (Wildman–Crippen MR) is 104 cm³/mol. The second kappa shape index (κ2) is 10.9. The predicted octanol–water partition coefficient (Wildman–Crippen LogP) is 2.61. The van der Waals surface area contributed by atoms with E-state index in [1.54, 1.807) is 6.07 Å². The molecule has 1 fully saturated rings. The number of nitro benzene ring substituents is 1. The first-order valence-corrected chi connectivity index (χ1v) is 9.43. The highest BCUT2D eigenvalue weighted by Gasteiger charge is 2.29. The summed E-state index contributed by atoms with van der Waals surface area (Å²) in [5.74, 6) is -1.31. The summed E-state index contributed by atoms with van der Waals surface area (Å²) >= 11 is 0. The van der Waals surface area contributed by atoms with Crippen molar-refractivity contribution < 1.29 is 33.5 Å². The molecular weight excluding hydrogens is 396 g/mol. The number of nitrogens with zero attached hydrogens (tertiary/aromatic N) is 2. The average Bonchev–Trinajstić information content (AvgIpc) is 2.74. The molecule has 0 aromatic heterocycles. The summed E-state index contributed by atoms with van der Waals surface area (Å²) in [6, 6.07) is 6.05. The molecule has 1 aliphatic heterocycles. The Morgan fingerprint density at radius 2 is 1.77 bits per heavy atom. The lowest BCUT2D eigenvalue weighted by atomic mass is 9.97. The maximum atomic E-state index is 12.2. The number of hydrogen-bond donors (Lipinski definition) is 0. The van der Waals surface area contributed by atoms with Crippen molar-refractivity contribution in [3.8, 4) is 0 Å². The van der Waals surface area contributed by atoms with Crippen LogP contribution < -0.4 is 0 Å². The zero-order valence-corrected chi connectivity index (χ0v) is 16.7. The quantitative estimate of drug-likeness (QED) is 0.157. The molecule has 0 radical (unpaired) electrons. The fourth-order valence-corrected chi connectivity index (χ4v) is 2.86. The topological polar surface area (TPSA) is 125 Å². The van der Waals surface area contributed by atoms with Crippen LogP contribution >= 0.6 is 0 Å². The van der Waals surface area contributed by atoms with E-state index in [1.165, 1.54) is 30.0 Å². The number of amides is 1. The van der Waals surface area contributed by atoms with Gasteiger partial charge in [0.15, 0.2) is 0 Å². The molecule has 1 aromatic rings. The van der Waals surface area contributed by atoms with Gasteiger partial charge in [-0.3, -0.25) is 14.9 Å². The van der Waals surface area contributed by atoms with Crippen molar-refractivity contribution in [1.29, 1.82) is 0 Å². The van der Waals surface area contributed by atoms with E-state index < -0.39 is 23.0 Å². The first-order chi connectivity index (χ1) is 14.3. The van der Waals surface area contributed by atoms with Gasteiger partial charge in [-0.15, -0.1) is 0 Å². The molecule has 1 saturated heterocycles. The van der Waals surface area contributed by atoms with Crippen molar-refractivity contribution in [1.82, 2.24) is 4.90 Å². The standard InChI is InChI=1S/C20H24N2O8/c1-14(2)18(23)28-11-12-29-19(24)15-7-9-21(10-8-15)20(25)30-13-16-5-3-4-6-17(16)22(26)27/h3-6,15H,1,7-13H2,2H3. The molecule has 1 aromatic carbocycles. The van der Waals surface area contributed by atoms with Crippen molar-refractivity contribution in [2.24, 2.45) is 5.92 Å². The van der Waals surface area contributed by atoms with E-state index in [9.17, 15) is 24.5 Å². The van der Waals surface area contributed by atoms with Crippen LogP contribution in [0.1, 0.15) is 25.3 Å². The summed E-state index contributed by atoms with van der Waals surface area (Å²) in [5, 5.41) is 11.0. The third kappa shape index (κ3) is 6.57. The van der Waals surface area contributed by atoms with E-state index in [0.29, 0.717) is 31.5 Å². The van der Waals surface area contributed by atoms with Gasteiger partial charge in [-0.1, -0.05) is 18.7 Å². The van der Waals surface area contributed by atoms with Gasteiger partial charge in [0.1, 0.15) is 19.8 Å². The second-order valence-electron chi connectivity index (χ2n) is 6.79. The molecule has 1 amide bonds. The molecule has 0 atom stereocenters. The zero-order valence-electron chi connectivity index (χ0n) is 16.7. The maximum absolute atomic E-state index is 12.2. The lowest BCUT2D eigenvalue weighted by molar-refractivity contribution is -0.385. The van der Waals surface area contributed by atoms with Crippen LogP contribution in [0.25, 0.3) is 0 Å². The third-order valence-corrected chi connectivity index (χ3v) is 4.54. The minimum Gasteiger partial charge on any atom is -0.462 e. The summed E-state index contributed by atoms with van der Waals surface area (Å²) in [4.78, 5) is 47.5. The monoisotopic (exact) mass is 420 g/mol. The van der Waals surface area contributed by atoms with E-state index in [4.69, 9.17) is 14.2 Å². The Hall–Kier alpha value is -3.43. The van der Waals surface area contributed by atoms with Crippen molar-refractivity contribution in [2.45, 2.75) is 26.4 Å². The summed E-state index contributed by atoms with van der Waals surface area (Å²) in [6.45, 7) is 5.28. The molecule has 2 rings (SSSR count). The second-order valence-corrected chi connectivity index (χ2v) is 6.79. The molecule has 0 N–H and O–H groups in total. The molecule has 0 saturated carbocycles. The highest BCUT2D eigenvalue weighted by molar-refractivity contribution is 5.86. The Kier molecular flexibility index (Phi) is 8.33. The molecule has 10 heteroatoms. The highest BCUT2D eigenvalue weighted by atomic mass is 16.6. The van der Waals surface area contributed by atoms with Crippen LogP contribution in [0.5, 0.6) is 0 Å². The molecule has 0 aliphatic carbocycles. The smallest absolute Gasteiger partial charge is 0.410 e. The highest BCUT2D eigenvalue weighted by Crippen LogP contribution is 2.21. The first-order valence-electron chi connectivity index (χ1n) is 9.43. The number of para-hydroxylation sites is 1. The van der Waals surface area contributed by atoms with E-state index in [1.807, 2.05) is 0 Å². The van der Waals surface area contributed by atoms with E-state index in [-0.39, 0.29) is 37.0 Å². The van der Waals surface area contributed by atoms with Gasteiger partial charge in [-0.2, -0.15) is 0 Å². The van der Waals surface area contributed by atoms with Gasteiger partial charge in [-0.25, -0.2) is 9.59 Å². The van der Waals surface area contributed by atoms with Crippen molar-refractivity contribution in [3.63, 3.8) is 0 Å². The minimum atomic E-state index is -0.591. The molecule has 1 heterocycles. The number of piperidine rings is 1. The number of carbonyl (C=O) groups is 3. The summed E-state index contributed by atoms with van der Waals surface area (Å²) < 4.78 is 15.1. The fourth-order valence-electron chi connectivity index (χ4n) is 2.86. The summed E-state index contributed by atoms with van der Waals surface area (Å²) in [7, 11) is 0. The summed E-state index contributed by atoms with van der Waals surface area (Å²) in [5.41, 5.74) is 0.463. The molecule has 0 spiro atoms. The van der Waals surface area contributed by atoms with E-state index in [0.717, 1.165) is 0 Å². The number of hydrogen-bond acceptors (Lipinski definition) is 8. The van der Waals surface area contributed by atoms with Crippen LogP contribution in [0, 0.1) is 16.0 Å². The minimum absolute atomic E-state index is 0.0457. The van der Waals surface area contributed by atoms with Crippen LogP contribution in [0.2, 0.25) is 0 Å². The maximum Gasteiger partial charge on any atom is 0.410 e. The lowest BCUT2D eigenvalue weighted by Gasteiger charge is -2.30. The molecule has 10 nitrogen and oxygen atoms in total. The first kappa shape index (κ1) is 22.9. The van der Waals surface area contributed by atoms with Crippen LogP contribution in [0.3, 0.4) is 0 Å². The fraction of sp³-hybridized carbons (Fsp3) is 0.450. The van der Waals surface area contributed by atoms with E-state index in [2.05, 4.69) is 6.58 Å². The van der Waals surface area contributed by atoms with Gasteiger partial charge < -0.3 is 19.1 Å². The van der Waals surface area contributed by atoms with Gasteiger partial charge in [0.25, 0.3) is 5.69 Å². The Balaban J connectivity index is 1.71. The Labute approximate surface area is 173 Å². The van der Waals surface area contributed by atoms with Gasteiger partial charge in [0.05, 0.1) is 16.4 Å². The lowest BCUT2D eigenvalue weighted by Crippen LogP contribution is -2.41. The molecule has 162 valence electrons. The average molecular weight is 420 g/mol. The molecular formula is C20H24N2O8.